The largest absolute Gasteiger partial charge is 0.494 e. The van der Waals surface area contributed by atoms with Crippen molar-refractivity contribution < 1.29 is 79.4 Å². The molecule has 216 valence electrons. The second-order valence-electron chi connectivity index (χ2n) is 7.38. The van der Waals surface area contributed by atoms with Crippen LogP contribution in [0.25, 0.3) is 0 Å². The summed E-state index contributed by atoms with van der Waals surface area (Å²) in [5.74, 6) is -56.3. The molecule has 0 atom stereocenters. The molecule has 0 unspecified atom stereocenters. The Morgan fingerprint density at radius 1 is 0.541 bits per heavy atom. The zero-order valence-corrected chi connectivity index (χ0v) is 18.1. The number of ether oxygens (including phenoxy) is 1. The van der Waals surface area contributed by atoms with Crippen molar-refractivity contribution in [2.45, 2.75) is 66.4 Å². The fourth-order valence-corrected chi connectivity index (χ4v) is 2.69. The SMILES string of the molecule is FC(F)(F)C(F)(F)C(F)(F)C(F)(F)C(F)(F)C(F)(F)C(F)(F)C(F)(F)CCCOc1ccc(CCl)cc1. The molecule has 0 fully saturated rings. The Labute approximate surface area is 200 Å². The van der Waals surface area contributed by atoms with Crippen LogP contribution >= 0.6 is 11.6 Å². The number of halogens is 18. The van der Waals surface area contributed by atoms with Gasteiger partial charge in [-0.25, -0.2) is 0 Å². The molecule has 37 heavy (non-hydrogen) atoms. The first-order valence-electron chi connectivity index (χ1n) is 9.25. The molecule has 1 rings (SSSR count). The van der Waals surface area contributed by atoms with Gasteiger partial charge in [-0.1, -0.05) is 12.1 Å². The van der Waals surface area contributed by atoms with Crippen LogP contribution in [0.2, 0.25) is 0 Å². The van der Waals surface area contributed by atoms with Crippen molar-refractivity contribution >= 4 is 11.6 Å². The fraction of sp³-hybridized carbons (Fsp3) is 0.667. The third kappa shape index (κ3) is 5.35. The van der Waals surface area contributed by atoms with Crippen LogP contribution in [0, 0.1) is 0 Å². The zero-order valence-electron chi connectivity index (χ0n) is 17.3. The van der Waals surface area contributed by atoms with Gasteiger partial charge < -0.3 is 4.74 Å². The van der Waals surface area contributed by atoms with E-state index in [4.69, 9.17) is 16.3 Å². The average molecular weight is 603 g/mol. The van der Waals surface area contributed by atoms with Crippen LogP contribution < -0.4 is 4.74 Å². The molecule has 1 nitrogen and oxygen atoms in total. The van der Waals surface area contributed by atoms with Crippen molar-refractivity contribution in [1.82, 2.24) is 0 Å². The van der Waals surface area contributed by atoms with Gasteiger partial charge in [-0.05, 0) is 24.1 Å². The van der Waals surface area contributed by atoms with Gasteiger partial charge in [0.05, 0.1) is 6.61 Å². The molecule has 0 aromatic heterocycles. The highest BCUT2D eigenvalue weighted by molar-refractivity contribution is 6.17. The predicted octanol–water partition coefficient (Wildman–Crippen LogP) is 8.59. The van der Waals surface area contributed by atoms with E-state index in [1.165, 1.54) is 24.3 Å². The van der Waals surface area contributed by atoms with Crippen molar-refractivity contribution in [2.24, 2.45) is 0 Å². The van der Waals surface area contributed by atoms with Crippen LogP contribution in [0.5, 0.6) is 5.75 Å². The summed E-state index contributed by atoms with van der Waals surface area (Å²) in [6.07, 6.45) is -11.7. The number of hydrogen-bond acceptors (Lipinski definition) is 1. The van der Waals surface area contributed by atoms with Gasteiger partial charge in [-0.2, -0.15) is 74.6 Å². The summed E-state index contributed by atoms with van der Waals surface area (Å²) in [4.78, 5) is 0. The number of rotatable bonds is 12. The molecule has 0 saturated heterocycles. The molecule has 0 aliphatic heterocycles. The number of alkyl halides is 18. The molecule has 0 N–H and O–H groups in total. The Morgan fingerprint density at radius 3 is 1.30 bits per heavy atom. The Bertz CT molecular complexity index is 908. The van der Waals surface area contributed by atoms with Gasteiger partial charge in [0.25, 0.3) is 0 Å². The first-order chi connectivity index (χ1) is 16.3. The summed E-state index contributed by atoms with van der Waals surface area (Å²) >= 11 is 5.48. The van der Waals surface area contributed by atoms with E-state index in [9.17, 15) is 74.6 Å². The topological polar surface area (TPSA) is 9.23 Å². The standard InChI is InChI=1S/C18H12ClF17O/c19-8-9-2-4-10(5-3-9)37-7-1-6-11(20,21)12(22,23)13(24,25)14(26,27)15(28,29)16(30,31)17(32,33)18(34,35)36/h2-5H,1,6-8H2. The highest BCUT2D eigenvalue weighted by Gasteiger charge is 2.95. The molecule has 19 heteroatoms. The van der Waals surface area contributed by atoms with Gasteiger partial charge in [0, 0.05) is 12.3 Å². The Morgan fingerprint density at radius 2 is 0.919 bits per heavy atom. The highest BCUT2D eigenvalue weighted by Crippen LogP contribution is 2.64. The molecule has 0 spiro atoms. The maximum Gasteiger partial charge on any atom is 0.460 e. The van der Waals surface area contributed by atoms with E-state index in [1.54, 1.807) is 0 Å². The van der Waals surface area contributed by atoms with E-state index in [0.717, 1.165) is 0 Å². The zero-order chi connectivity index (χ0) is 29.5. The van der Waals surface area contributed by atoms with Gasteiger partial charge in [0.1, 0.15) is 5.75 Å². The second-order valence-corrected chi connectivity index (χ2v) is 7.65. The average Bonchev–Trinajstić information content (AvgIpc) is 2.75. The van der Waals surface area contributed by atoms with Crippen molar-refractivity contribution in [1.29, 1.82) is 0 Å². The van der Waals surface area contributed by atoms with Crippen LogP contribution in [0.15, 0.2) is 24.3 Å². The van der Waals surface area contributed by atoms with Crippen molar-refractivity contribution in [3.05, 3.63) is 29.8 Å². The maximum atomic E-state index is 13.8. The minimum atomic E-state index is -8.62. The molecule has 0 aliphatic rings. The van der Waals surface area contributed by atoms with Gasteiger partial charge in [0.2, 0.25) is 0 Å². The van der Waals surface area contributed by atoms with Crippen LogP contribution in [-0.4, -0.2) is 54.2 Å². The molecule has 0 bridgehead atoms. The summed E-state index contributed by atoms with van der Waals surface area (Å²) in [7, 11) is 0. The van der Waals surface area contributed by atoms with E-state index >= 15 is 0 Å². The summed E-state index contributed by atoms with van der Waals surface area (Å²) in [6, 6.07) is 5.04. The quantitative estimate of drug-likeness (QED) is 0.132. The van der Waals surface area contributed by atoms with Crippen LogP contribution in [-0.2, 0) is 5.88 Å². The lowest BCUT2D eigenvalue weighted by Gasteiger charge is -2.42. The van der Waals surface area contributed by atoms with E-state index in [1.807, 2.05) is 0 Å². The molecule has 1 aromatic carbocycles. The van der Waals surface area contributed by atoms with Crippen LogP contribution in [0.1, 0.15) is 18.4 Å². The Hall–Kier alpha value is -1.88. The maximum absolute atomic E-state index is 13.8. The van der Waals surface area contributed by atoms with E-state index in [-0.39, 0.29) is 11.6 Å². The molecule has 0 amide bonds. The van der Waals surface area contributed by atoms with E-state index < -0.39 is 67.1 Å². The number of benzene rings is 1. The normalized spacial score (nSPS) is 15.2. The monoisotopic (exact) mass is 602 g/mol. The highest BCUT2D eigenvalue weighted by atomic mass is 35.5. The van der Waals surface area contributed by atoms with Crippen molar-refractivity contribution in [3.63, 3.8) is 0 Å². The molecular weight excluding hydrogens is 591 g/mol. The first-order valence-corrected chi connectivity index (χ1v) is 9.79. The minimum absolute atomic E-state index is 0.0270. The molecular formula is C18H12ClF17O. The van der Waals surface area contributed by atoms with Crippen molar-refractivity contribution in [3.8, 4) is 5.75 Å². The molecule has 0 saturated carbocycles. The van der Waals surface area contributed by atoms with Crippen LogP contribution in [0.4, 0.5) is 74.6 Å². The number of hydrogen-bond donors (Lipinski definition) is 0. The van der Waals surface area contributed by atoms with Gasteiger partial charge in [-0.3, -0.25) is 0 Å². The molecule has 1 aromatic rings. The lowest BCUT2D eigenvalue weighted by Crippen LogP contribution is -2.74. The van der Waals surface area contributed by atoms with Gasteiger partial charge in [0.15, 0.2) is 0 Å². The Balaban J connectivity index is 3.20. The second kappa shape index (κ2) is 10.0. The third-order valence-corrected chi connectivity index (χ3v) is 5.08. The van der Waals surface area contributed by atoms with Gasteiger partial charge in [-0.15, -0.1) is 11.6 Å². The molecule has 0 radical (unpaired) electrons. The summed E-state index contributed by atoms with van der Waals surface area (Å²) in [5, 5.41) is 0. The summed E-state index contributed by atoms with van der Waals surface area (Å²) < 4.78 is 229. The summed E-state index contributed by atoms with van der Waals surface area (Å²) in [6.45, 7) is -1.00. The Kier molecular flexibility index (Phi) is 8.98. The lowest BCUT2D eigenvalue weighted by atomic mass is 9.88. The van der Waals surface area contributed by atoms with E-state index in [0.29, 0.717) is 5.56 Å². The minimum Gasteiger partial charge on any atom is -0.494 e. The summed E-state index contributed by atoms with van der Waals surface area (Å²) in [5.41, 5.74) is 0.527. The smallest absolute Gasteiger partial charge is 0.460 e. The fourth-order valence-electron chi connectivity index (χ4n) is 2.51. The first kappa shape index (κ1) is 33.1. The third-order valence-electron chi connectivity index (χ3n) is 4.77. The molecule has 0 heterocycles. The molecule has 0 aliphatic carbocycles. The lowest BCUT2D eigenvalue weighted by molar-refractivity contribution is -0.461. The van der Waals surface area contributed by atoms with E-state index in [2.05, 4.69) is 0 Å². The predicted molar refractivity (Wildman–Crippen MR) is 91.4 cm³/mol. The van der Waals surface area contributed by atoms with Crippen LogP contribution in [0.3, 0.4) is 0 Å². The van der Waals surface area contributed by atoms with Crippen molar-refractivity contribution in [2.75, 3.05) is 6.61 Å². The van der Waals surface area contributed by atoms with Gasteiger partial charge >= 0.3 is 47.6 Å².